The number of hydrogen-bond acceptors (Lipinski definition) is 4. The van der Waals surface area contributed by atoms with Crippen molar-refractivity contribution in [2.24, 2.45) is 0 Å². The molecular formula is C15H16BrN5. The van der Waals surface area contributed by atoms with Gasteiger partial charge in [0, 0.05) is 22.8 Å². The molecule has 2 aromatic heterocycles. The predicted octanol–water partition coefficient (Wildman–Crippen LogP) is 3.24. The second-order valence-electron chi connectivity index (χ2n) is 4.91. The molecule has 0 atom stereocenters. The first-order valence-corrected chi connectivity index (χ1v) is 7.67. The highest BCUT2D eigenvalue weighted by atomic mass is 79.9. The van der Waals surface area contributed by atoms with Gasteiger partial charge in [0.25, 0.3) is 5.78 Å². The molecule has 6 heteroatoms. The van der Waals surface area contributed by atoms with Gasteiger partial charge in [-0.3, -0.25) is 0 Å². The molecule has 1 aromatic carbocycles. The number of nitrogens with zero attached hydrogens (tertiary/aromatic N) is 4. The van der Waals surface area contributed by atoms with E-state index >= 15 is 0 Å². The van der Waals surface area contributed by atoms with Crippen molar-refractivity contribution in [3.8, 4) is 0 Å². The van der Waals surface area contributed by atoms with Gasteiger partial charge in [0.15, 0.2) is 0 Å². The maximum atomic E-state index is 4.33. The minimum absolute atomic E-state index is 0.629. The lowest BCUT2D eigenvalue weighted by Crippen LogP contribution is -2.09. The molecule has 1 N–H and O–H groups in total. The van der Waals surface area contributed by atoms with Crippen molar-refractivity contribution in [2.45, 2.75) is 19.8 Å². The molecule has 2 heterocycles. The molecule has 0 bridgehead atoms. The van der Waals surface area contributed by atoms with Crippen molar-refractivity contribution in [3.05, 3.63) is 52.4 Å². The molecule has 3 aromatic rings. The number of hydrogen-bond donors (Lipinski definition) is 1. The molecule has 0 aliphatic carbocycles. The molecule has 0 fully saturated rings. The summed E-state index contributed by atoms with van der Waals surface area (Å²) in [5.41, 5.74) is 2.27. The summed E-state index contributed by atoms with van der Waals surface area (Å²) < 4.78 is 2.86. The van der Waals surface area contributed by atoms with E-state index in [1.165, 1.54) is 11.9 Å². The first kappa shape index (κ1) is 14.0. The van der Waals surface area contributed by atoms with Gasteiger partial charge in [-0.05, 0) is 37.5 Å². The second-order valence-corrected chi connectivity index (χ2v) is 5.83. The van der Waals surface area contributed by atoms with Crippen LogP contribution in [0.5, 0.6) is 0 Å². The highest BCUT2D eigenvalue weighted by molar-refractivity contribution is 9.10. The van der Waals surface area contributed by atoms with Crippen molar-refractivity contribution in [3.63, 3.8) is 0 Å². The molecule has 0 aliphatic heterocycles. The molecular weight excluding hydrogens is 330 g/mol. The molecule has 0 unspecified atom stereocenters. The number of rotatable bonds is 5. The lowest BCUT2D eigenvalue weighted by atomic mass is 10.1. The number of nitrogens with one attached hydrogen (secondary N) is 1. The first-order chi connectivity index (χ1) is 10.2. The molecule has 0 radical (unpaired) electrons. The predicted molar refractivity (Wildman–Crippen MR) is 86.5 cm³/mol. The van der Waals surface area contributed by atoms with Crippen molar-refractivity contribution in [1.82, 2.24) is 19.6 Å². The van der Waals surface area contributed by atoms with Gasteiger partial charge in [-0.25, -0.2) is 4.98 Å². The van der Waals surface area contributed by atoms with Crippen molar-refractivity contribution in [1.29, 1.82) is 0 Å². The largest absolute Gasteiger partial charge is 0.370 e. The van der Waals surface area contributed by atoms with E-state index in [2.05, 4.69) is 54.5 Å². The average Bonchev–Trinajstić information content (AvgIpc) is 2.91. The third-order valence-corrected chi connectivity index (χ3v) is 3.71. The number of benzene rings is 1. The Hall–Kier alpha value is -1.95. The van der Waals surface area contributed by atoms with Crippen LogP contribution in [-0.4, -0.2) is 26.1 Å². The summed E-state index contributed by atoms with van der Waals surface area (Å²) in [6.45, 7) is 2.84. The molecule has 3 rings (SSSR count). The Morgan fingerprint density at radius 3 is 3.05 bits per heavy atom. The van der Waals surface area contributed by atoms with E-state index < -0.39 is 0 Å². The van der Waals surface area contributed by atoms with Crippen LogP contribution >= 0.6 is 15.9 Å². The van der Waals surface area contributed by atoms with E-state index in [0.29, 0.717) is 5.78 Å². The summed E-state index contributed by atoms with van der Waals surface area (Å²) in [5.74, 6) is 1.56. The van der Waals surface area contributed by atoms with Crippen LogP contribution in [-0.2, 0) is 6.42 Å². The Kier molecular flexibility index (Phi) is 4.15. The quantitative estimate of drug-likeness (QED) is 0.721. The van der Waals surface area contributed by atoms with Crippen molar-refractivity contribution in [2.75, 3.05) is 11.9 Å². The molecule has 5 nitrogen and oxygen atoms in total. The van der Waals surface area contributed by atoms with Gasteiger partial charge < -0.3 is 5.32 Å². The van der Waals surface area contributed by atoms with Gasteiger partial charge in [-0.2, -0.15) is 14.6 Å². The number of halogens is 1. The van der Waals surface area contributed by atoms with E-state index in [0.717, 1.165) is 35.4 Å². The lowest BCUT2D eigenvalue weighted by Gasteiger charge is -2.08. The van der Waals surface area contributed by atoms with Crippen LogP contribution in [0.3, 0.4) is 0 Å². The van der Waals surface area contributed by atoms with Crippen LogP contribution < -0.4 is 5.32 Å². The minimum atomic E-state index is 0.629. The number of anilines is 1. The van der Waals surface area contributed by atoms with Crippen LogP contribution in [0.4, 0.5) is 5.82 Å². The maximum Gasteiger partial charge on any atom is 0.254 e. The lowest BCUT2D eigenvalue weighted by molar-refractivity contribution is 0.840. The highest BCUT2D eigenvalue weighted by Crippen LogP contribution is 2.14. The summed E-state index contributed by atoms with van der Waals surface area (Å²) in [6.07, 6.45) is 3.61. The van der Waals surface area contributed by atoms with Crippen molar-refractivity contribution >= 4 is 27.5 Å². The fourth-order valence-corrected chi connectivity index (χ4v) is 2.70. The third-order valence-electron chi connectivity index (χ3n) is 3.22. The average molecular weight is 346 g/mol. The Bertz CT molecular complexity index is 753. The van der Waals surface area contributed by atoms with Gasteiger partial charge in [-0.15, -0.1) is 0 Å². The molecule has 0 spiro atoms. The maximum absolute atomic E-state index is 4.33. The van der Waals surface area contributed by atoms with E-state index in [9.17, 15) is 0 Å². The molecule has 0 saturated heterocycles. The van der Waals surface area contributed by atoms with Crippen LogP contribution in [0.25, 0.3) is 5.78 Å². The number of fused-ring (bicyclic) bond motifs is 1. The summed E-state index contributed by atoms with van der Waals surface area (Å²) in [6, 6.07) is 10.4. The standard InChI is InChI=1S/C15H16BrN5/c1-11-8-14(21-15(20-11)18-10-19-21)17-7-3-5-12-4-2-6-13(16)9-12/h2,4,6,8-10,17H,3,5,7H2,1H3. The zero-order chi connectivity index (χ0) is 14.7. The van der Waals surface area contributed by atoms with Crippen LogP contribution in [0.15, 0.2) is 41.1 Å². The normalized spacial score (nSPS) is 11.0. The van der Waals surface area contributed by atoms with Gasteiger partial charge in [0.2, 0.25) is 0 Å². The fourth-order valence-electron chi connectivity index (χ4n) is 2.26. The fraction of sp³-hybridized carbons (Fsp3) is 0.267. The number of aromatic nitrogens is 4. The van der Waals surface area contributed by atoms with Gasteiger partial charge in [0.05, 0.1) is 0 Å². The molecule has 0 aliphatic rings. The molecule has 0 amide bonds. The van der Waals surface area contributed by atoms with Crippen LogP contribution in [0, 0.1) is 6.92 Å². The molecule has 21 heavy (non-hydrogen) atoms. The highest BCUT2D eigenvalue weighted by Gasteiger charge is 2.04. The van der Waals surface area contributed by atoms with Crippen molar-refractivity contribution < 1.29 is 0 Å². The Labute approximate surface area is 131 Å². The summed E-state index contributed by atoms with van der Waals surface area (Å²) in [5, 5.41) is 7.59. The summed E-state index contributed by atoms with van der Waals surface area (Å²) >= 11 is 3.50. The molecule has 108 valence electrons. The zero-order valence-corrected chi connectivity index (χ0v) is 13.3. The topological polar surface area (TPSA) is 55.1 Å². The monoisotopic (exact) mass is 345 g/mol. The van der Waals surface area contributed by atoms with Crippen LogP contribution in [0.2, 0.25) is 0 Å². The number of aryl methyl sites for hydroxylation is 2. The van der Waals surface area contributed by atoms with Gasteiger partial charge in [0.1, 0.15) is 12.1 Å². The Balaban J connectivity index is 1.61. The smallest absolute Gasteiger partial charge is 0.254 e. The van der Waals surface area contributed by atoms with Crippen LogP contribution in [0.1, 0.15) is 17.7 Å². The van der Waals surface area contributed by atoms with E-state index in [4.69, 9.17) is 0 Å². The SMILES string of the molecule is Cc1cc(NCCCc2cccc(Br)c2)n2ncnc2n1. The Morgan fingerprint density at radius 1 is 1.29 bits per heavy atom. The summed E-state index contributed by atoms with van der Waals surface area (Å²) in [4.78, 5) is 8.45. The zero-order valence-electron chi connectivity index (χ0n) is 11.8. The van der Waals surface area contributed by atoms with E-state index in [1.807, 2.05) is 19.1 Å². The van der Waals surface area contributed by atoms with E-state index in [1.54, 1.807) is 4.52 Å². The minimum Gasteiger partial charge on any atom is -0.370 e. The first-order valence-electron chi connectivity index (χ1n) is 6.88. The van der Waals surface area contributed by atoms with Gasteiger partial charge >= 0.3 is 0 Å². The molecule has 0 saturated carbocycles. The summed E-state index contributed by atoms with van der Waals surface area (Å²) in [7, 11) is 0. The van der Waals surface area contributed by atoms with E-state index in [-0.39, 0.29) is 0 Å². The van der Waals surface area contributed by atoms with Gasteiger partial charge in [-0.1, -0.05) is 28.1 Å². The Morgan fingerprint density at radius 2 is 2.19 bits per heavy atom. The second kappa shape index (κ2) is 6.22. The third kappa shape index (κ3) is 3.39.